The van der Waals surface area contributed by atoms with Gasteiger partial charge < -0.3 is 9.80 Å². The standard InChI is InChI=1S/C21H21ClFN6O/c22-15-10-25-21(26-11-15)27-7-5-17(6-8-27)29(16-2-3-16)20(30)14-1-4-19(18(23)9-14)28-12-24-13-28/h1,4,9-13,16-17H,2-3,5-8H2/q+1. The minimum atomic E-state index is -0.422. The van der Waals surface area contributed by atoms with Crippen LogP contribution in [0.1, 0.15) is 36.0 Å². The Morgan fingerprint density at radius 2 is 1.80 bits per heavy atom. The molecule has 0 unspecified atom stereocenters. The molecular formula is C21H21ClFN6O+. The Kier molecular flexibility index (Phi) is 4.94. The van der Waals surface area contributed by atoms with Crippen LogP contribution >= 0.6 is 11.6 Å². The largest absolute Gasteiger partial charge is 0.341 e. The second-order valence-corrected chi connectivity index (χ2v) is 8.25. The highest BCUT2D eigenvalue weighted by Gasteiger charge is 2.39. The number of anilines is 1. The molecule has 1 aromatic heterocycles. The molecule has 3 aliphatic rings. The zero-order valence-corrected chi connectivity index (χ0v) is 17.0. The zero-order chi connectivity index (χ0) is 20.7. The van der Waals surface area contributed by atoms with Crippen molar-refractivity contribution in [3.05, 3.63) is 47.0 Å². The van der Waals surface area contributed by atoms with Gasteiger partial charge in [0.25, 0.3) is 5.91 Å². The average molecular weight is 428 g/mol. The second kappa shape index (κ2) is 7.75. The number of amides is 1. The average Bonchev–Trinajstić information content (AvgIpc) is 3.54. The van der Waals surface area contributed by atoms with Crippen molar-refractivity contribution in [3.8, 4) is 0 Å². The van der Waals surface area contributed by atoms with Crippen molar-refractivity contribution in [3.63, 3.8) is 0 Å². The van der Waals surface area contributed by atoms with Crippen LogP contribution in [0.25, 0.3) is 0 Å². The molecule has 2 aromatic rings. The molecule has 0 N–H and O–H groups in total. The maximum Gasteiger partial charge on any atom is 0.254 e. The van der Waals surface area contributed by atoms with Crippen molar-refractivity contribution in [1.29, 1.82) is 0 Å². The predicted molar refractivity (Wildman–Crippen MR) is 112 cm³/mol. The van der Waals surface area contributed by atoms with Gasteiger partial charge in [0.2, 0.25) is 18.6 Å². The minimum absolute atomic E-state index is 0.0922. The summed E-state index contributed by atoms with van der Waals surface area (Å²) in [7, 11) is 0. The number of rotatable bonds is 5. The number of aromatic nitrogens is 2. The topological polar surface area (TPSA) is 64.7 Å². The lowest BCUT2D eigenvalue weighted by atomic mass is 10.0. The van der Waals surface area contributed by atoms with Gasteiger partial charge in [-0.1, -0.05) is 16.6 Å². The van der Waals surface area contributed by atoms with E-state index in [0.29, 0.717) is 22.2 Å². The van der Waals surface area contributed by atoms with Gasteiger partial charge in [0.05, 0.1) is 17.4 Å². The van der Waals surface area contributed by atoms with Crippen molar-refractivity contribution < 1.29 is 13.8 Å². The van der Waals surface area contributed by atoms with E-state index in [4.69, 9.17) is 11.6 Å². The summed E-state index contributed by atoms with van der Waals surface area (Å²) < 4.78 is 16.1. The third-order valence-electron chi connectivity index (χ3n) is 5.78. The van der Waals surface area contributed by atoms with Crippen LogP contribution in [-0.2, 0) is 0 Å². The fourth-order valence-electron chi connectivity index (χ4n) is 4.05. The molecule has 0 atom stereocenters. The van der Waals surface area contributed by atoms with Crippen LogP contribution in [0, 0.1) is 5.82 Å². The van der Waals surface area contributed by atoms with E-state index in [1.807, 2.05) is 4.90 Å². The quantitative estimate of drug-likeness (QED) is 0.687. The lowest BCUT2D eigenvalue weighted by Gasteiger charge is -2.39. The second-order valence-electron chi connectivity index (χ2n) is 7.82. The van der Waals surface area contributed by atoms with E-state index in [9.17, 15) is 9.18 Å². The number of halogens is 2. The Morgan fingerprint density at radius 3 is 2.37 bits per heavy atom. The Labute approximate surface area is 178 Å². The monoisotopic (exact) mass is 427 g/mol. The molecule has 1 saturated carbocycles. The summed E-state index contributed by atoms with van der Waals surface area (Å²) in [5.41, 5.74) is 0.792. The van der Waals surface area contributed by atoms with E-state index < -0.39 is 5.82 Å². The lowest BCUT2D eigenvalue weighted by molar-refractivity contribution is -0.305. The number of aliphatic imine (C=N–C) groups is 1. The Bertz CT molecular complexity index is 1030. The van der Waals surface area contributed by atoms with Gasteiger partial charge in [-0.15, -0.1) is 0 Å². The van der Waals surface area contributed by atoms with Crippen LogP contribution in [0.3, 0.4) is 0 Å². The van der Waals surface area contributed by atoms with Crippen LogP contribution in [0.4, 0.5) is 16.0 Å². The van der Waals surface area contributed by atoms with Crippen LogP contribution in [0.15, 0.2) is 35.6 Å². The van der Waals surface area contributed by atoms with Gasteiger partial charge in [0.15, 0.2) is 5.82 Å². The molecule has 1 aromatic carbocycles. The molecule has 2 aliphatic heterocycles. The third kappa shape index (κ3) is 3.67. The third-order valence-corrected chi connectivity index (χ3v) is 5.97. The van der Waals surface area contributed by atoms with E-state index in [-0.39, 0.29) is 18.0 Å². The van der Waals surface area contributed by atoms with Crippen molar-refractivity contribution >= 4 is 41.8 Å². The summed E-state index contributed by atoms with van der Waals surface area (Å²) >= 11 is 5.87. The van der Waals surface area contributed by atoms with E-state index in [0.717, 1.165) is 38.8 Å². The number of hydrogen-bond donors (Lipinski definition) is 0. The highest BCUT2D eigenvalue weighted by atomic mass is 35.5. The van der Waals surface area contributed by atoms with E-state index in [2.05, 4.69) is 19.9 Å². The molecule has 3 heterocycles. The highest BCUT2D eigenvalue weighted by molar-refractivity contribution is 6.30. The maximum absolute atomic E-state index is 14.5. The summed E-state index contributed by atoms with van der Waals surface area (Å²) in [6.07, 6.45) is 9.93. The van der Waals surface area contributed by atoms with Crippen LogP contribution in [-0.4, -0.2) is 63.2 Å². The van der Waals surface area contributed by atoms with Gasteiger partial charge in [-0.05, 0) is 43.9 Å². The van der Waals surface area contributed by atoms with Crippen LogP contribution in [0.2, 0.25) is 5.02 Å². The molecule has 0 spiro atoms. The number of benzene rings is 1. The van der Waals surface area contributed by atoms with Crippen molar-refractivity contribution in [2.24, 2.45) is 4.99 Å². The van der Waals surface area contributed by atoms with E-state index >= 15 is 0 Å². The Hall–Kier alpha value is -2.87. The highest BCUT2D eigenvalue weighted by Crippen LogP contribution is 2.34. The van der Waals surface area contributed by atoms with Gasteiger partial charge in [-0.3, -0.25) is 4.79 Å². The van der Waals surface area contributed by atoms with Gasteiger partial charge in [-0.2, -0.15) is 0 Å². The summed E-state index contributed by atoms with van der Waals surface area (Å²) in [6, 6.07) is 5.05. The minimum Gasteiger partial charge on any atom is -0.341 e. The van der Waals surface area contributed by atoms with Crippen molar-refractivity contribution in [1.82, 2.24) is 14.9 Å². The van der Waals surface area contributed by atoms with Gasteiger partial charge >= 0.3 is 0 Å². The first-order chi connectivity index (χ1) is 14.6. The first kappa shape index (κ1) is 19.1. The Balaban J connectivity index is 1.29. The van der Waals surface area contributed by atoms with Crippen molar-refractivity contribution in [2.45, 2.75) is 37.8 Å². The SMILES string of the molecule is O=C(c1ccc([N+]2=CN=C2)c(F)c1)N(C1CC1)C1CCN(c2ncc(Cl)cn2)CC1. The summed E-state index contributed by atoms with van der Waals surface area (Å²) in [5, 5.41) is 0.511. The number of carbonyl (C=O) groups excluding carboxylic acids is 1. The molecule has 1 saturated heterocycles. The van der Waals surface area contributed by atoms with Crippen LogP contribution in [0.5, 0.6) is 0 Å². The lowest BCUT2D eigenvalue weighted by Crippen LogP contribution is -2.48. The summed E-state index contributed by atoms with van der Waals surface area (Å²) in [5.74, 6) is 0.144. The molecule has 5 rings (SSSR count). The molecule has 154 valence electrons. The van der Waals surface area contributed by atoms with Gasteiger partial charge in [0.1, 0.15) is 5.69 Å². The first-order valence-corrected chi connectivity index (χ1v) is 10.5. The predicted octanol–water partition coefficient (Wildman–Crippen LogP) is 3.26. The summed E-state index contributed by atoms with van der Waals surface area (Å²) in [6.45, 7) is 1.53. The van der Waals surface area contributed by atoms with Crippen molar-refractivity contribution in [2.75, 3.05) is 18.0 Å². The fraction of sp³-hybridized carbons (Fsp3) is 0.381. The molecule has 9 heteroatoms. The smallest absolute Gasteiger partial charge is 0.254 e. The zero-order valence-electron chi connectivity index (χ0n) is 16.3. The van der Waals surface area contributed by atoms with Gasteiger partial charge in [0, 0.05) is 30.7 Å². The molecule has 1 amide bonds. The molecule has 30 heavy (non-hydrogen) atoms. The van der Waals surface area contributed by atoms with E-state index in [1.54, 1.807) is 29.1 Å². The molecular weight excluding hydrogens is 407 g/mol. The maximum atomic E-state index is 14.5. The Morgan fingerprint density at radius 1 is 1.13 bits per heavy atom. The number of carbonyl (C=O) groups is 1. The van der Waals surface area contributed by atoms with Crippen LogP contribution < -0.4 is 4.90 Å². The molecule has 7 nitrogen and oxygen atoms in total. The molecule has 0 radical (unpaired) electrons. The number of hydrogen-bond acceptors (Lipinski definition) is 5. The molecule has 1 aliphatic carbocycles. The first-order valence-electron chi connectivity index (χ1n) is 10.1. The number of piperidine rings is 1. The summed E-state index contributed by atoms with van der Waals surface area (Å²) in [4.78, 5) is 29.8. The molecule has 0 bridgehead atoms. The normalized spacial score (nSPS) is 18.7. The molecule has 2 fully saturated rings. The van der Waals surface area contributed by atoms with E-state index in [1.165, 1.54) is 18.7 Å². The van der Waals surface area contributed by atoms with Gasteiger partial charge in [-0.25, -0.2) is 18.9 Å². The number of nitrogens with zero attached hydrogens (tertiary/aromatic N) is 6. The fourth-order valence-corrected chi connectivity index (χ4v) is 4.15.